The van der Waals surface area contributed by atoms with Gasteiger partial charge in [0.1, 0.15) is 0 Å². The van der Waals surface area contributed by atoms with Crippen molar-refractivity contribution in [2.75, 3.05) is 18.4 Å². The Morgan fingerprint density at radius 1 is 1.19 bits per heavy atom. The molecule has 138 valence electrons. The highest BCUT2D eigenvalue weighted by Gasteiger charge is 2.23. The number of β-amino-alcohol motifs (C(OH)–C–C–N with tert-alkyl or cyclic N) is 1. The minimum Gasteiger partial charge on any atom is -0.391 e. The van der Waals surface area contributed by atoms with Crippen LogP contribution in [0.5, 0.6) is 0 Å². The Kier molecular flexibility index (Phi) is 5.03. The number of para-hydroxylation sites is 1. The van der Waals surface area contributed by atoms with Crippen molar-refractivity contribution in [3.63, 3.8) is 0 Å². The molecule has 1 saturated heterocycles. The number of pyridine rings is 1. The molecule has 1 fully saturated rings. The number of aromatic nitrogens is 1. The van der Waals surface area contributed by atoms with Gasteiger partial charge in [-0.05, 0) is 48.7 Å². The molecule has 2 aromatic carbocycles. The maximum Gasteiger partial charge on any atom is 0.254 e. The number of aliphatic hydroxyl groups is 1. The van der Waals surface area contributed by atoms with Gasteiger partial charge in [-0.2, -0.15) is 0 Å². The van der Waals surface area contributed by atoms with E-state index in [1.165, 1.54) is 0 Å². The second-order valence-electron chi connectivity index (χ2n) is 7.02. The van der Waals surface area contributed by atoms with E-state index in [0.717, 1.165) is 35.0 Å². The summed E-state index contributed by atoms with van der Waals surface area (Å²) in [5.41, 5.74) is 3.61. The molecule has 5 nitrogen and oxygen atoms in total. The molecular formula is C22H23N3O2. The fraction of sp³-hybridized carbons (Fsp3) is 0.273. The van der Waals surface area contributed by atoms with E-state index in [-0.39, 0.29) is 5.91 Å². The second-order valence-corrected chi connectivity index (χ2v) is 7.02. The molecule has 1 aliphatic rings. The quantitative estimate of drug-likeness (QED) is 0.747. The van der Waals surface area contributed by atoms with Crippen LogP contribution in [0.3, 0.4) is 0 Å². The van der Waals surface area contributed by atoms with Crippen LogP contribution in [0.2, 0.25) is 0 Å². The summed E-state index contributed by atoms with van der Waals surface area (Å²) in [4.78, 5) is 18.9. The summed E-state index contributed by atoms with van der Waals surface area (Å²) in [6, 6.07) is 17.7. The van der Waals surface area contributed by atoms with E-state index in [0.29, 0.717) is 25.2 Å². The van der Waals surface area contributed by atoms with E-state index in [1.54, 1.807) is 4.90 Å². The summed E-state index contributed by atoms with van der Waals surface area (Å²) in [6.07, 6.45) is 3.08. The Balaban J connectivity index is 1.44. The summed E-state index contributed by atoms with van der Waals surface area (Å²) in [6.45, 7) is 1.76. The number of benzene rings is 2. The van der Waals surface area contributed by atoms with Crippen LogP contribution in [0.1, 0.15) is 28.8 Å². The zero-order valence-electron chi connectivity index (χ0n) is 15.1. The van der Waals surface area contributed by atoms with Gasteiger partial charge < -0.3 is 15.3 Å². The van der Waals surface area contributed by atoms with Crippen LogP contribution in [0.4, 0.5) is 5.69 Å². The van der Waals surface area contributed by atoms with Gasteiger partial charge in [-0.25, -0.2) is 0 Å². The average Bonchev–Trinajstić information content (AvgIpc) is 2.72. The molecule has 1 amide bonds. The lowest BCUT2D eigenvalue weighted by Gasteiger charge is -2.30. The minimum absolute atomic E-state index is 0.0234. The van der Waals surface area contributed by atoms with Crippen LogP contribution in [0.25, 0.3) is 10.9 Å². The third-order valence-corrected chi connectivity index (χ3v) is 4.94. The van der Waals surface area contributed by atoms with Crippen molar-refractivity contribution in [1.82, 2.24) is 9.88 Å². The molecule has 0 radical (unpaired) electrons. The van der Waals surface area contributed by atoms with Gasteiger partial charge in [0.05, 0.1) is 11.6 Å². The van der Waals surface area contributed by atoms with E-state index in [4.69, 9.17) is 0 Å². The highest BCUT2D eigenvalue weighted by atomic mass is 16.3. The Morgan fingerprint density at radius 2 is 2.07 bits per heavy atom. The molecule has 0 saturated carbocycles. The van der Waals surface area contributed by atoms with Crippen LogP contribution in [0.15, 0.2) is 60.8 Å². The van der Waals surface area contributed by atoms with Crippen LogP contribution < -0.4 is 5.32 Å². The molecule has 1 atom stereocenters. The standard InChI is InChI=1S/C22H23N3O2/c26-20-8-4-10-25(15-20)22(27)18-6-3-7-19(12-18)23-13-16-11-17-5-1-2-9-21(17)24-14-16/h1-3,5-7,9,11-12,14,20,23,26H,4,8,10,13,15H2. The number of nitrogens with zero attached hydrogens (tertiary/aromatic N) is 2. The molecule has 2 heterocycles. The molecule has 3 aromatic rings. The summed E-state index contributed by atoms with van der Waals surface area (Å²) in [5.74, 6) is -0.0234. The molecule has 27 heavy (non-hydrogen) atoms. The van der Waals surface area contributed by atoms with E-state index in [2.05, 4.69) is 22.4 Å². The van der Waals surface area contributed by atoms with Gasteiger partial charge in [0, 0.05) is 42.5 Å². The predicted molar refractivity (Wildman–Crippen MR) is 107 cm³/mol. The first-order chi connectivity index (χ1) is 13.2. The number of fused-ring (bicyclic) bond motifs is 1. The van der Waals surface area contributed by atoms with E-state index < -0.39 is 6.10 Å². The van der Waals surface area contributed by atoms with Gasteiger partial charge in [-0.15, -0.1) is 0 Å². The van der Waals surface area contributed by atoms with Gasteiger partial charge in [-0.1, -0.05) is 24.3 Å². The number of carbonyl (C=O) groups is 1. The van der Waals surface area contributed by atoms with Crippen LogP contribution in [0, 0.1) is 0 Å². The highest BCUT2D eigenvalue weighted by Crippen LogP contribution is 2.18. The molecule has 0 aliphatic carbocycles. The normalized spacial score (nSPS) is 17.1. The predicted octanol–water partition coefficient (Wildman–Crippen LogP) is 3.44. The molecular weight excluding hydrogens is 338 g/mol. The first-order valence-corrected chi connectivity index (χ1v) is 9.34. The topological polar surface area (TPSA) is 65.5 Å². The van der Waals surface area contributed by atoms with Gasteiger partial charge in [0.2, 0.25) is 0 Å². The summed E-state index contributed by atoms with van der Waals surface area (Å²) in [7, 11) is 0. The molecule has 4 rings (SSSR count). The van der Waals surface area contributed by atoms with Gasteiger partial charge >= 0.3 is 0 Å². The smallest absolute Gasteiger partial charge is 0.254 e. The van der Waals surface area contributed by atoms with Crippen LogP contribution >= 0.6 is 0 Å². The third-order valence-electron chi connectivity index (χ3n) is 4.94. The lowest BCUT2D eigenvalue weighted by atomic mass is 10.1. The van der Waals surface area contributed by atoms with Gasteiger partial charge in [0.15, 0.2) is 0 Å². The SMILES string of the molecule is O=C(c1cccc(NCc2cnc3ccccc3c2)c1)N1CCCC(O)C1. The average molecular weight is 361 g/mol. The fourth-order valence-electron chi connectivity index (χ4n) is 3.50. The van der Waals surface area contributed by atoms with Crippen molar-refractivity contribution in [3.05, 3.63) is 71.9 Å². The van der Waals surface area contributed by atoms with E-state index in [9.17, 15) is 9.90 Å². The minimum atomic E-state index is -0.413. The number of amides is 1. The maximum absolute atomic E-state index is 12.7. The molecule has 0 bridgehead atoms. The Labute approximate surface area is 158 Å². The molecule has 1 aromatic heterocycles. The molecule has 5 heteroatoms. The largest absolute Gasteiger partial charge is 0.391 e. The van der Waals surface area contributed by atoms with Gasteiger partial charge in [-0.3, -0.25) is 9.78 Å². The zero-order chi connectivity index (χ0) is 18.6. The highest BCUT2D eigenvalue weighted by molar-refractivity contribution is 5.95. The first kappa shape index (κ1) is 17.5. The van der Waals surface area contributed by atoms with Crippen molar-refractivity contribution in [3.8, 4) is 0 Å². The summed E-state index contributed by atoms with van der Waals surface area (Å²) < 4.78 is 0. The molecule has 0 spiro atoms. The number of likely N-dealkylation sites (tertiary alicyclic amines) is 1. The lowest BCUT2D eigenvalue weighted by molar-refractivity contribution is 0.0474. The maximum atomic E-state index is 12.7. The number of carbonyl (C=O) groups excluding carboxylic acids is 1. The van der Waals surface area contributed by atoms with E-state index in [1.807, 2.05) is 48.7 Å². The molecule has 1 aliphatic heterocycles. The Bertz CT molecular complexity index is 957. The number of rotatable bonds is 4. The number of aliphatic hydroxyl groups excluding tert-OH is 1. The monoisotopic (exact) mass is 361 g/mol. The number of hydrogen-bond donors (Lipinski definition) is 2. The van der Waals surface area contributed by atoms with Crippen molar-refractivity contribution in [1.29, 1.82) is 0 Å². The molecule has 2 N–H and O–H groups in total. The number of nitrogens with one attached hydrogen (secondary N) is 1. The Morgan fingerprint density at radius 3 is 2.96 bits per heavy atom. The third kappa shape index (κ3) is 4.09. The van der Waals surface area contributed by atoms with Gasteiger partial charge in [0.25, 0.3) is 5.91 Å². The van der Waals surface area contributed by atoms with Crippen molar-refractivity contribution < 1.29 is 9.90 Å². The van der Waals surface area contributed by atoms with E-state index >= 15 is 0 Å². The number of hydrogen-bond acceptors (Lipinski definition) is 4. The summed E-state index contributed by atoms with van der Waals surface area (Å²) >= 11 is 0. The fourth-order valence-corrected chi connectivity index (χ4v) is 3.50. The van der Waals surface area contributed by atoms with Crippen LogP contribution in [-0.4, -0.2) is 40.1 Å². The lowest BCUT2D eigenvalue weighted by Crippen LogP contribution is -2.42. The zero-order valence-corrected chi connectivity index (χ0v) is 15.1. The number of piperidine rings is 1. The van der Waals surface area contributed by atoms with Crippen molar-refractivity contribution >= 4 is 22.5 Å². The number of anilines is 1. The Hall–Kier alpha value is -2.92. The second kappa shape index (κ2) is 7.76. The summed E-state index contributed by atoms with van der Waals surface area (Å²) in [5, 5.41) is 14.3. The van der Waals surface area contributed by atoms with Crippen LogP contribution in [-0.2, 0) is 6.54 Å². The first-order valence-electron chi connectivity index (χ1n) is 9.34. The van der Waals surface area contributed by atoms with Crippen molar-refractivity contribution in [2.24, 2.45) is 0 Å². The molecule has 1 unspecified atom stereocenters. The van der Waals surface area contributed by atoms with Crippen molar-refractivity contribution in [2.45, 2.75) is 25.5 Å².